The van der Waals surface area contributed by atoms with E-state index in [1.165, 1.54) is 31.4 Å². The van der Waals surface area contributed by atoms with Crippen LogP contribution in [0.2, 0.25) is 0 Å². The first-order valence-electron chi connectivity index (χ1n) is 9.04. The molecule has 8 heteroatoms. The van der Waals surface area contributed by atoms with Crippen LogP contribution in [0, 0.1) is 0 Å². The maximum absolute atomic E-state index is 12.5. The number of nitrogens with zero attached hydrogens (tertiary/aromatic N) is 3. The van der Waals surface area contributed by atoms with Gasteiger partial charge in [-0.1, -0.05) is 19.3 Å². The molecule has 25 heavy (non-hydrogen) atoms. The van der Waals surface area contributed by atoms with Crippen LogP contribution in [0.15, 0.2) is 16.9 Å². The Balaban J connectivity index is 1.54. The lowest BCUT2D eigenvalue weighted by atomic mass is 9.96. The van der Waals surface area contributed by atoms with Crippen LogP contribution < -0.4 is 10.9 Å². The molecule has 1 aromatic rings. The molecule has 3 rings (SSSR count). The first-order chi connectivity index (χ1) is 12.1. The summed E-state index contributed by atoms with van der Waals surface area (Å²) in [7, 11) is 0. The molecule has 1 aromatic heterocycles. The van der Waals surface area contributed by atoms with Crippen LogP contribution in [0.5, 0.6) is 0 Å². The summed E-state index contributed by atoms with van der Waals surface area (Å²) in [5.74, 6) is -0.217. The highest BCUT2D eigenvalue weighted by atomic mass is 16.2. The molecule has 1 saturated heterocycles. The van der Waals surface area contributed by atoms with Gasteiger partial charge in [-0.3, -0.25) is 9.59 Å². The minimum Gasteiger partial charge on any atom is -0.335 e. The van der Waals surface area contributed by atoms with E-state index >= 15 is 0 Å². The second-order valence-corrected chi connectivity index (χ2v) is 6.72. The second-order valence-electron chi connectivity index (χ2n) is 6.72. The highest BCUT2D eigenvalue weighted by molar-refractivity contribution is 5.92. The largest absolute Gasteiger partial charge is 0.335 e. The van der Waals surface area contributed by atoms with Gasteiger partial charge in [0.15, 0.2) is 0 Å². The van der Waals surface area contributed by atoms with Gasteiger partial charge in [-0.2, -0.15) is 5.10 Å². The molecule has 2 N–H and O–H groups in total. The predicted octanol–water partition coefficient (Wildman–Crippen LogP) is 0.960. The normalized spacial score (nSPS) is 19.4. The Kier molecular flexibility index (Phi) is 5.67. The highest BCUT2D eigenvalue weighted by Crippen LogP contribution is 2.18. The van der Waals surface area contributed by atoms with Crippen LogP contribution in [0.4, 0.5) is 4.79 Å². The molecular weight excluding hydrogens is 322 g/mol. The maximum atomic E-state index is 12.5. The fraction of sp³-hybridized carbons (Fsp3) is 0.647. The Hall–Kier alpha value is -2.38. The number of aromatic amines is 1. The van der Waals surface area contributed by atoms with E-state index in [1.54, 1.807) is 9.80 Å². The molecule has 3 amide bonds. The molecule has 0 radical (unpaired) electrons. The molecule has 2 aliphatic rings. The van der Waals surface area contributed by atoms with E-state index in [4.69, 9.17) is 0 Å². The standard InChI is InChI=1S/C17H25N5O3/c23-15-8-7-14(19-20-15)16(24)21-9-4-10-22(12-11-21)17(25)18-13-5-2-1-3-6-13/h7-8,13H,1-6,9-12H2,(H,18,25)(H,20,23). The second kappa shape index (κ2) is 8.13. The van der Waals surface area contributed by atoms with E-state index in [0.29, 0.717) is 26.2 Å². The van der Waals surface area contributed by atoms with E-state index in [-0.39, 0.29) is 29.2 Å². The first-order valence-corrected chi connectivity index (χ1v) is 9.04. The van der Waals surface area contributed by atoms with Crippen LogP contribution in [0.3, 0.4) is 0 Å². The van der Waals surface area contributed by atoms with Gasteiger partial charge in [-0.25, -0.2) is 9.89 Å². The van der Waals surface area contributed by atoms with Crippen LogP contribution in [-0.4, -0.2) is 64.2 Å². The molecule has 1 aliphatic heterocycles. The van der Waals surface area contributed by atoms with Crippen molar-refractivity contribution in [2.24, 2.45) is 0 Å². The Bertz CT molecular complexity index is 648. The number of hydrogen-bond donors (Lipinski definition) is 2. The lowest BCUT2D eigenvalue weighted by Gasteiger charge is -2.27. The number of H-pyrrole nitrogens is 1. The summed E-state index contributed by atoms with van der Waals surface area (Å²) in [6.45, 7) is 2.19. The Morgan fingerprint density at radius 1 is 1.00 bits per heavy atom. The average molecular weight is 347 g/mol. The summed E-state index contributed by atoms with van der Waals surface area (Å²) >= 11 is 0. The van der Waals surface area contributed by atoms with E-state index in [9.17, 15) is 14.4 Å². The summed E-state index contributed by atoms with van der Waals surface area (Å²) in [6.07, 6.45) is 6.46. The molecule has 0 unspecified atom stereocenters. The lowest BCUT2D eigenvalue weighted by molar-refractivity contribution is 0.0755. The lowest BCUT2D eigenvalue weighted by Crippen LogP contribution is -2.47. The average Bonchev–Trinajstić information content (AvgIpc) is 2.89. The van der Waals surface area contributed by atoms with Crippen molar-refractivity contribution in [3.63, 3.8) is 0 Å². The third-order valence-electron chi connectivity index (χ3n) is 4.90. The molecule has 2 heterocycles. The van der Waals surface area contributed by atoms with Gasteiger partial charge in [0, 0.05) is 38.3 Å². The van der Waals surface area contributed by atoms with Gasteiger partial charge in [0.25, 0.3) is 11.5 Å². The number of hydrogen-bond acceptors (Lipinski definition) is 4. The monoisotopic (exact) mass is 347 g/mol. The van der Waals surface area contributed by atoms with Gasteiger partial charge in [0.2, 0.25) is 0 Å². The summed E-state index contributed by atoms with van der Waals surface area (Å²) in [4.78, 5) is 39.5. The molecule has 136 valence electrons. The van der Waals surface area contributed by atoms with Gasteiger partial charge in [-0.15, -0.1) is 0 Å². The van der Waals surface area contributed by atoms with Crippen molar-refractivity contribution in [2.75, 3.05) is 26.2 Å². The van der Waals surface area contributed by atoms with Crippen molar-refractivity contribution in [3.05, 3.63) is 28.2 Å². The summed E-state index contributed by atoms with van der Waals surface area (Å²) < 4.78 is 0. The molecule has 0 atom stereocenters. The van der Waals surface area contributed by atoms with Crippen molar-refractivity contribution >= 4 is 11.9 Å². The third kappa shape index (κ3) is 4.58. The number of carbonyl (C=O) groups is 2. The van der Waals surface area contributed by atoms with Crippen molar-refractivity contribution < 1.29 is 9.59 Å². The van der Waals surface area contributed by atoms with Crippen LogP contribution in [-0.2, 0) is 0 Å². The fourth-order valence-electron chi connectivity index (χ4n) is 3.46. The smallest absolute Gasteiger partial charge is 0.317 e. The Labute approximate surface area is 146 Å². The zero-order chi connectivity index (χ0) is 17.6. The van der Waals surface area contributed by atoms with Crippen molar-refractivity contribution in [1.82, 2.24) is 25.3 Å². The number of nitrogens with one attached hydrogen (secondary N) is 2. The van der Waals surface area contributed by atoms with Crippen molar-refractivity contribution in [1.29, 1.82) is 0 Å². The molecule has 0 aromatic carbocycles. The molecule has 0 spiro atoms. The fourth-order valence-corrected chi connectivity index (χ4v) is 3.46. The quantitative estimate of drug-likeness (QED) is 0.832. The topological polar surface area (TPSA) is 98.4 Å². The SMILES string of the molecule is O=C(NC1CCCCC1)N1CCCN(C(=O)c2ccc(=O)[nH]n2)CC1. The van der Waals surface area contributed by atoms with Crippen molar-refractivity contribution in [3.8, 4) is 0 Å². The van der Waals surface area contributed by atoms with Gasteiger partial charge >= 0.3 is 6.03 Å². The highest BCUT2D eigenvalue weighted by Gasteiger charge is 2.25. The molecule has 8 nitrogen and oxygen atoms in total. The summed E-state index contributed by atoms with van der Waals surface area (Å²) in [6, 6.07) is 2.98. The molecule has 0 bridgehead atoms. The Morgan fingerprint density at radius 2 is 1.72 bits per heavy atom. The molecule has 1 aliphatic carbocycles. The number of urea groups is 1. The molecule has 1 saturated carbocycles. The summed E-state index contributed by atoms with van der Waals surface area (Å²) in [5, 5.41) is 9.20. The molecular formula is C17H25N5O3. The number of aromatic nitrogens is 2. The van der Waals surface area contributed by atoms with Gasteiger partial charge in [0.1, 0.15) is 5.69 Å². The van der Waals surface area contributed by atoms with E-state index in [2.05, 4.69) is 15.5 Å². The predicted molar refractivity (Wildman–Crippen MR) is 92.4 cm³/mol. The van der Waals surface area contributed by atoms with Gasteiger partial charge in [-0.05, 0) is 25.3 Å². The third-order valence-corrected chi connectivity index (χ3v) is 4.90. The minimum absolute atomic E-state index is 0.0247. The van der Waals surface area contributed by atoms with Crippen LogP contribution >= 0.6 is 0 Å². The number of carbonyl (C=O) groups excluding carboxylic acids is 2. The van der Waals surface area contributed by atoms with E-state index in [0.717, 1.165) is 19.3 Å². The first kappa shape index (κ1) is 17.4. The summed E-state index contributed by atoms with van der Waals surface area (Å²) in [5.41, 5.74) is -0.113. The molecule has 2 fully saturated rings. The zero-order valence-electron chi connectivity index (χ0n) is 14.4. The number of amides is 3. The maximum Gasteiger partial charge on any atom is 0.317 e. The van der Waals surface area contributed by atoms with Crippen molar-refractivity contribution in [2.45, 2.75) is 44.6 Å². The van der Waals surface area contributed by atoms with E-state index in [1.807, 2.05) is 0 Å². The van der Waals surface area contributed by atoms with Crippen LogP contribution in [0.25, 0.3) is 0 Å². The van der Waals surface area contributed by atoms with Gasteiger partial charge < -0.3 is 15.1 Å². The van der Waals surface area contributed by atoms with E-state index < -0.39 is 0 Å². The van der Waals surface area contributed by atoms with Gasteiger partial charge in [0.05, 0.1) is 0 Å². The number of rotatable bonds is 2. The minimum atomic E-state index is -0.335. The zero-order valence-corrected chi connectivity index (χ0v) is 14.4. The van der Waals surface area contributed by atoms with Crippen LogP contribution in [0.1, 0.15) is 49.0 Å². The Morgan fingerprint density at radius 3 is 2.44 bits per heavy atom.